The molecule has 1 N–H and O–H groups in total. The lowest BCUT2D eigenvalue weighted by atomic mass is 9.97. The number of carbonyl (C=O) groups is 3. The maximum absolute atomic E-state index is 14.5. The highest BCUT2D eigenvalue weighted by Gasteiger charge is 2.44. The summed E-state index contributed by atoms with van der Waals surface area (Å²) in [6, 6.07) is 9.33. The van der Waals surface area contributed by atoms with Crippen LogP contribution in [0.3, 0.4) is 0 Å². The molecule has 1 fully saturated rings. The number of carbonyl (C=O) groups excluding carboxylic acids is 3. The van der Waals surface area contributed by atoms with Crippen molar-refractivity contribution >= 4 is 34.7 Å². The van der Waals surface area contributed by atoms with Crippen molar-refractivity contribution in [2.75, 3.05) is 23.3 Å². The Bertz CT molecular complexity index is 1130. The van der Waals surface area contributed by atoms with Crippen molar-refractivity contribution in [3.8, 4) is 0 Å². The first-order valence-electron chi connectivity index (χ1n) is 10.5. The third kappa shape index (κ3) is 4.00. The Morgan fingerprint density at radius 3 is 2.41 bits per heavy atom. The molecule has 3 amide bonds. The van der Waals surface area contributed by atoms with E-state index < -0.39 is 23.4 Å². The summed E-state index contributed by atoms with van der Waals surface area (Å²) in [7, 11) is 0. The van der Waals surface area contributed by atoms with Crippen LogP contribution in [0.15, 0.2) is 48.2 Å². The highest BCUT2D eigenvalue weighted by molar-refractivity contribution is 6.45. The van der Waals surface area contributed by atoms with Crippen LogP contribution in [-0.4, -0.2) is 35.7 Å². The molecular formula is C24H23F2N3O3. The van der Waals surface area contributed by atoms with Gasteiger partial charge in [0.1, 0.15) is 17.3 Å². The summed E-state index contributed by atoms with van der Waals surface area (Å²) in [5.41, 5.74) is 1.14. The molecule has 1 unspecified atom stereocenters. The van der Waals surface area contributed by atoms with Gasteiger partial charge >= 0.3 is 0 Å². The van der Waals surface area contributed by atoms with Gasteiger partial charge in [0.25, 0.3) is 11.8 Å². The summed E-state index contributed by atoms with van der Waals surface area (Å²) in [4.78, 5) is 40.8. The number of hydrogen-bond acceptors (Lipinski definition) is 4. The summed E-state index contributed by atoms with van der Waals surface area (Å²) in [6.07, 6.45) is 1.88. The second kappa shape index (κ2) is 8.53. The lowest BCUT2D eigenvalue weighted by Gasteiger charge is -2.33. The molecular weight excluding hydrogens is 416 g/mol. The predicted octanol–water partition coefficient (Wildman–Crippen LogP) is 3.94. The minimum Gasteiger partial charge on any atom is -0.366 e. The molecule has 0 spiro atoms. The summed E-state index contributed by atoms with van der Waals surface area (Å²) < 4.78 is 28.0. The van der Waals surface area contributed by atoms with Crippen LogP contribution in [-0.2, 0) is 14.4 Å². The first kappa shape index (κ1) is 21.7. The number of nitrogens with one attached hydrogen (secondary N) is 1. The van der Waals surface area contributed by atoms with Gasteiger partial charge in [-0.3, -0.25) is 14.4 Å². The molecule has 1 saturated heterocycles. The second-order valence-electron chi connectivity index (χ2n) is 8.22. The number of anilines is 2. The molecule has 1 atom stereocenters. The Hall–Kier alpha value is -3.55. The van der Waals surface area contributed by atoms with Gasteiger partial charge in [0.2, 0.25) is 5.91 Å². The molecule has 2 aromatic carbocycles. The third-order valence-electron chi connectivity index (χ3n) is 5.68. The molecule has 2 heterocycles. The van der Waals surface area contributed by atoms with Crippen LogP contribution in [0.25, 0.3) is 5.57 Å². The summed E-state index contributed by atoms with van der Waals surface area (Å²) in [5, 5.41) is 2.66. The SMILES string of the molecule is CC(=O)Nc1ccc(C2=C(N3CCCC(C)C3)C(=O)N(c3ccc(F)cc3F)C2=O)cc1. The number of nitrogens with zero attached hydrogens (tertiary/aromatic N) is 2. The van der Waals surface area contributed by atoms with Gasteiger partial charge in [0.05, 0.1) is 11.3 Å². The molecule has 0 bridgehead atoms. The van der Waals surface area contributed by atoms with Crippen molar-refractivity contribution in [2.45, 2.75) is 26.7 Å². The van der Waals surface area contributed by atoms with E-state index >= 15 is 0 Å². The topological polar surface area (TPSA) is 69.7 Å². The van der Waals surface area contributed by atoms with E-state index in [4.69, 9.17) is 0 Å². The average molecular weight is 439 g/mol. The molecule has 4 rings (SSSR count). The molecule has 166 valence electrons. The standard InChI is InChI=1S/C24H23F2N3O3/c1-14-4-3-11-28(13-14)22-21(16-5-8-18(9-6-16)27-15(2)30)23(31)29(24(22)32)20-10-7-17(25)12-19(20)26/h5-10,12,14H,3-4,11,13H2,1-2H3,(H,27,30). The Morgan fingerprint density at radius 2 is 1.78 bits per heavy atom. The number of amides is 3. The zero-order chi connectivity index (χ0) is 23.0. The van der Waals surface area contributed by atoms with Crippen molar-refractivity contribution in [3.05, 3.63) is 65.4 Å². The number of hydrogen-bond donors (Lipinski definition) is 1. The van der Waals surface area contributed by atoms with Gasteiger partial charge in [-0.1, -0.05) is 19.1 Å². The van der Waals surface area contributed by atoms with Gasteiger partial charge < -0.3 is 10.2 Å². The first-order valence-corrected chi connectivity index (χ1v) is 10.5. The fourth-order valence-corrected chi connectivity index (χ4v) is 4.27. The van der Waals surface area contributed by atoms with Gasteiger partial charge in [0.15, 0.2) is 0 Å². The number of piperidine rings is 1. The molecule has 0 aliphatic carbocycles. The Balaban J connectivity index is 1.80. The van der Waals surface area contributed by atoms with E-state index in [1.165, 1.54) is 6.92 Å². The summed E-state index contributed by atoms with van der Waals surface area (Å²) >= 11 is 0. The van der Waals surface area contributed by atoms with Crippen molar-refractivity contribution < 1.29 is 23.2 Å². The molecule has 2 aliphatic heterocycles. The van der Waals surface area contributed by atoms with Crippen LogP contribution in [0.5, 0.6) is 0 Å². The zero-order valence-electron chi connectivity index (χ0n) is 17.8. The van der Waals surface area contributed by atoms with Crippen LogP contribution >= 0.6 is 0 Å². The second-order valence-corrected chi connectivity index (χ2v) is 8.22. The maximum atomic E-state index is 14.5. The van der Waals surface area contributed by atoms with Crippen LogP contribution in [0, 0.1) is 17.6 Å². The molecule has 6 nitrogen and oxygen atoms in total. The van der Waals surface area contributed by atoms with E-state index in [-0.39, 0.29) is 22.9 Å². The quantitative estimate of drug-likeness (QED) is 0.733. The van der Waals surface area contributed by atoms with Crippen molar-refractivity contribution in [1.82, 2.24) is 4.90 Å². The van der Waals surface area contributed by atoms with Gasteiger partial charge in [0, 0.05) is 31.8 Å². The summed E-state index contributed by atoms with van der Waals surface area (Å²) in [5.74, 6) is -2.97. The average Bonchev–Trinajstić information content (AvgIpc) is 2.99. The lowest BCUT2D eigenvalue weighted by Crippen LogP contribution is -2.39. The van der Waals surface area contributed by atoms with Gasteiger partial charge in [-0.05, 0) is 48.6 Å². The number of halogens is 2. The third-order valence-corrected chi connectivity index (χ3v) is 5.68. The fraction of sp³-hybridized carbons (Fsp3) is 0.292. The van der Waals surface area contributed by atoms with Gasteiger partial charge in [-0.2, -0.15) is 0 Å². The number of imide groups is 1. The molecule has 2 aliphatic rings. The molecule has 0 saturated carbocycles. The number of rotatable bonds is 4. The Kier molecular flexibility index (Phi) is 5.78. The maximum Gasteiger partial charge on any atom is 0.282 e. The van der Waals surface area contributed by atoms with Crippen molar-refractivity contribution in [3.63, 3.8) is 0 Å². The molecule has 32 heavy (non-hydrogen) atoms. The van der Waals surface area contributed by atoms with Crippen molar-refractivity contribution in [2.24, 2.45) is 5.92 Å². The zero-order valence-corrected chi connectivity index (χ0v) is 17.8. The minimum atomic E-state index is -0.986. The highest BCUT2D eigenvalue weighted by atomic mass is 19.1. The fourth-order valence-electron chi connectivity index (χ4n) is 4.27. The molecule has 2 aromatic rings. The minimum absolute atomic E-state index is 0.169. The highest BCUT2D eigenvalue weighted by Crippen LogP contribution is 2.37. The molecule has 0 aromatic heterocycles. The summed E-state index contributed by atoms with van der Waals surface area (Å²) in [6.45, 7) is 4.67. The van der Waals surface area contributed by atoms with Gasteiger partial charge in [-0.25, -0.2) is 13.7 Å². The van der Waals surface area contributed by atoms with Crippen LogP contribution < -0.4 is 10.2 Å². The number of likely N-dealkylation sites (tertiary alicyclic amines) is 1. The predicted molar refractivity (Wildman–Crippen MR) is 116 cm³/mol. The van der Waals surface area contributed by atoms with Crippen molar-refractivity contribution in [1.29, 1.82) is 0 Å². The first-order chi connectivity index (χ1) is 15.3. The van der Waals surface area contributed by atoms with E-state index in [2.05, 4.69) is 12.2 Å². The molecule has 8 heteroatoms. The van der Waals surface area contributed by atoms with Crippen LogP contribution in [0.2, 0.25) is 0 Å². The Labute approximate surface area is 184 Å². The monoisotopic (exact) mass is 439 g/mol. The van der Waals surface area contributed by atoms with Crippen LogP contribution in [0.4, 0.5) is 20.2 Å². The van der Waals surface area contributed by atoms with E-state index in [1.54, 1.807) is 24.3 Å². The number of benzene rings is 2. The smallest absolute Gasteiger partial charge is 0.282 e. The largest absolute Gasteiger partial charge is 0.366 e. The Morgan fingerprint density at radius 1 is 1.06 bits per heavy atom. The normalized spacial score (nSPS) is 19.1. The van der Waals surface area contributed by atoms with Gasteiger partial charge in [-0.15, -0.1) is 0 Å². The van der Waals surface area contributed by atoms with Crippen LogP contribution in [0.1, 0.15) is 32.3 Å². The van der Waals surface area contributed by atoms with E-state index in [9.17, 15) is 23.2 Å². The molecule has 0 radical (unpaired) electrons. The van der Waals surface area contributed by atoms with E-state index in [1.807, 2.05) is 4.90 Å². The lowest BCUT2D eigenvalue weighted by molar-refractivity contribution is -0.121. The van der Waals surface area contributed by atoms with E-state index in [0.717, 1.165) is 29.9 Å². The van der Waals surface area contributed by atoms with E-state index in [0.29, 0.717) is 36.3 Å².